The number of rotatable bonds is 12. The van der Waals surface area contributed by atoms with Crippen LogP contribution in [0.1, 0.15) is 63.7 Å². The van der Waals surface area contributed by atoms with Crippen molar-refractivity contribution in [3.05, 3.63) is 101 Å². The van der Waals surface area contributed by atoms with Gasteiger partial charge in [0.05, 0.1) is 49.3 Å². The molecule has 5 rings (SSSR count). The predicted octanol–water partition coefficient (Wildman–Crippen LogP) is 4.74. The molecule has 1 amide bonds. The van der Waals surface area contributed by atoms with Gasteiger partial charge in [0.25, 0.3) is 5.91 Å². The third-order valence-electron chi connectivity index (χ3n) is 8.02. The lowest BCUT2D eigenvalue weighted by molar-refractivity contribution is 0.0941. The van der Waals surface area contributed by atoms with Crippen molar-refractivity contribution in [2.75, 3.05) is 31.0 Å². The van der Waals surface area contributed by atoms with Gasteiger partial charge in [-0.2, -0.15) is 10.4 Å². The third kappa shape index (κ3) is 8.80. The number of nitrogens with zero attached hydrogens (tertiary/aromatic N) is 4. The van der Waals surface area contributed by atoms with Crippen LogP contribution in [0.4, 0.5) is 11.4 Å². The van der Waals surface area contributed by atoms with Crippen LogP contribution in [-0.4, -0.2) is 54.4 Å². The van der Waals surface area contributed by atoms with Crippen molar-refractivity contribution in [3.8, 4) is 29.9 Å². The molecule has 248 valence electrons. The van der Waals surface area contributed by atoms with Gasteiger partial charge in [-0.25, -0.2) is 0 Å². The fourth-order valence-electron chi connectivity index (χ4n) is 5.33. The number of carbonyl (C=O) groups excluding carboxylic acids is 2. The first-order chi connectivity index (χ1) is 23.1. The Morgan fingerprint density at radius 3 is 2.40 bits per heavy atom. The number of nitriles is 1. The summed E-state index contributed by atoms with van der Waals surface area (Å²) in [5.41, 5.74) is 16.4. The van der Waals surface area contributed by atoms with E-state index >= 15 is 0 Å². The molecule has 0 radical (unpaired) electrons. The van der Waals surface area contributed by atoms with Gasteiger partial charge in [0.1, 0.15) is 23.3 Å². The number of terminal acetylenes is 1. The second-order valence-electron chi connectivity index (χ2n) is 11.6. The van der Waals surface area contributed by atoms with Crippen LogP contribution in [0.3, 0.4) is 0 Å². The number of hydrogen-bond acceptors (Lipinski definition) is 9. The van der Waals surface area contributed by atoms with Gasteiger partial charge in [0, 0.05) is 31.3 Å². The first kappa shape index (κ1) is 35.2. The minimum absolute atomic E-state index is 0.0798. The van der Waals surface area contributed by atoms with E-state index in [-0.39, 0.29) is 11.9 Å². The molecule has 1 aliphatic rings. The Morgan fingerprint density at radius 1 is 1.10 bits per heavy atom. The summed E-state index contributed by atoms with van der Waals surface area (Å²) in [6.45, 7) is 2.92. The molecule has 5 N–H and O–H groups in total. The van der Waals surface area contributed by atoms with E-state index in [0.717, 1.165) is 34.7 Å². The van der Waals surface area contributed by atoms with Crippen LogP contribution >= 0.6 is 0 Å². The molecule has 11 nitrogen and oxygen atoms in total. The van der Waals surface area contributed by atoms with Crippen molar-refractivity contribution in [1.82, 2.24) is 9.78 Å². The minimum Gasteiger partial charge on any atom is -0.495 e. The number of anilines is 2. The van der Waals surface area contributed by atoms with E-state index in [9.17, 15) is 9.59 Å². The van der Waals surface area contributed by atoms with Crippen molar-refractivity contribution >= 4 is 23.6 Å². The SMILES string of the molecule is C#CCCC(N)(N)CCOc1ccc(Cc2ccc(N3C(=O)c4c(C=O)cnn4C[C@@H]3C)cc2)cc1.CNc1ccc(OC)c(C#N)c1. The molecule has 0 bridgehead atoms. The second kappa shape index (κ2) is 16.3. The molecule has 1 atom stereocenters. The Kier molecular flexibility index (Phi) is 12.0. The zero-order valence-corrected chi connectivity index (χ0v) is 27.5. The minimum atomic E-state index is -0.826. The van der Waals surface area contributed by atoms with E-state index in [4.69, 9.17) is 32.6 Å². The van der Waals surface area contributed by atoms with Crippen LogP contribution in [0.5, 0.6) is 11.5 Å². The summed E-state index contributed by atoms with van der Waals surface area (Å²) in [5.74, 6) is 3.71. The highest BCUT2D eigenvalue weighted by atomic mass is 16.5. The zero-order valence-electron chi connectivity index (χ0n) is 27.5. The zero-order chi connectivity index (χ0) is 34.7. The van der Waals surface area contributed by atoms with Crippen molar-refractivity contribution < 1.29 is 19.1 Å². The molecule has 3 aromatic carbocycles. The summed E-state index contributed by atoms with van der Waals surface area (Å²) in [4.78, 5) is 26.2. The molecule has 0 spiro atoms. The molecule has 0 saturated heterocycles. The summed E-state index contributed by atoms with van der Waals surface area (Å²) in [6.07, 6.45) is 9.75. The highest BCUT2D eigenvalue weighted by molar-refractivity contribution is 6.10. The Bertz CT molecular complexity index is 1780. The van der Waals surface area contributed by atoms with Crippen molar-refractivity contribution in [1.29, 1.82) is 5.26 Å². The standard InChI is InChI=1S/C28H31N5O3.C9H10N2O/c1-3-4-13-28(29,30)14-15-36-25-11-7-22(8-12-25)16-21-5-9-24(10-6-21)33-20(2)18-32-26(27(33)35)23(19-34)17-31-32;1-11-8-3-4-9(12-2)7(5-8)6-10/h1,5-12,17,19-20H,4,13-16,18,29-30H2,2H3;3-5,11H,1-2H3/t20-;/m0./s1. The number of nitrogens with one attached hydrogen (secondary N) is 1. The van der Waals surface area contributed by atoms with Gasteiger partial charge in [-0.05, 0) is 73.4 Å². The molecular formula is C37H41N7O4. The number of nitrogens with two attached hydrogens (primary N) is 2. The average molecular weight is 648 g/mol. The summed E-state index contributed by atoms with van der Waals surface area (Å²) in [5, 5.41) is 15.8. The predicted molar refractivity (Wildman–Crippen MR) is 186 cm³/mol. The molecule has 0 aliphatic carbocycles. The van der Waals surface area contributed by atoms with E-state index in [0.29, 0.717) is 61.3 Å². The molecule has 11 heteroatoms. The second-order valence-corrected chi connectivity index (χ2v) is 11.6. The van der Waals surface area contributed by atoms with Gasteiger partial charge in [-0.15, -0.1) is 12.3 Å². The van der Waals surface area contributed by atoms with Crippen LogP contribution in [-0.2, 0) is 13.0 Å². The Balaban J connectivity index is 0.000000365. The smallest absolute Gasteiger partial charge is 0.277 e. The molecule has 2 heterocycles. The lowest BCUT2D eigenvalue weighted by atomic mass is 10.0. The maximum Gasteiger partial charge on any atom is 0.277 e. The van der Waals surface area contributed by atoms with E-state index in [2.05, 4.69) is 22.4 Å². The number of aromatic nitrogens is 2. The van der Waals surface area contributed by atoms with E-state index in [1.54, 1.807) is 28.8 Å². The highest BCUT2D eigenvalue weighted by Crippen LogP contribution is 2.27. The van der Waals surface area contributed by atoms with Crippen molar-refractivity contribution in [3.63, 3.8) is 0 Å². The number of carbonyl (C=O) groups is 2. The summed E-state index contributed by atoms with van der Waals surface area (Å²) in [7, 11) is 3.36. The highest BCUT2D eigenvalue weighted by Gasteiger charge is 2.34. The lowest BCUT2D eigenvalue weighted by Crippen LogP contribution is -2.50. The number of methoxy groups -OCH3 is 1. The van der Waals surface area contributed by atoms with Gasteiger partial charge in [-0.1, -0.05) is 24.3 Å². The maximum atomic E-state index is 13.1. The van der Waals surface area contributed by atoms with Crippen molar-refractivity contribution in [2.24, 2.45) is 11.5 Å². The molecule has 0 unspecified atom stereocenters. The monoisotopic (exact) mass is 647 g/mol. The largest absolute Gasteiger partial charge is 0.495 e. The topological polar surface area (TPSA) is 162 Å². The van der Waals surface area contributed by atoms with E-state index < -0.39 is 5.66 Å². The van der Waals surface area contributed by atoms with Crippen LogP contribution < -0.4 is 31.2 Å². The molecule has 48 heavy (non-hydrogen) atoms. The molecule has 1 aromatic heterocycles. The molecule has 0 saturated carbocycles. The lowest BCUT2D eigenvalue weighted by Gasteiger charge is -2.34. The maximum absolute atomic E-state index is 13.1. The summed E-state index contributed by atoms with van der Waals surface area (Å²) in [6, 6.07) is 23.2. The molecule has 4 aromatic rings. The van der Waals surface area contributed by atoms with Gasteiger partial charge in [0.2, 0.25) is 0 Å². The van der Waals surface area contributed by atoms with Crippen LogP contribution in [0.25, 0.3) is 0 Å². The van der Waals surface area contributed by atoms with E-state index in [1.807, 2.05) is 68.6 Å². The van der Waals surface area contributed by atoms with Gasteiger partial charge >= 0.3 is 0 Å². The number of ether oxygens (including phenoxy) is 2. The first-order valence-electron chi connectivity index (χ1n) is 15.5. The molecule has 0 fully saturated rings. The fraction of sp³-hybridized carbons (Fsp3) is 0.297. The number of benzene rings is 3. The van der Waals surface area contributed by atoms with Crippen LogP contribution in [0.2, 0.25) is 0 Å². The first-order valence-corrected chi connectivity index (χ1v) is 15.5. The summed E-state index contributed by atoms with van der Waals surface area (Å²) < 4.78 is 12.4. The fourth-order valence-corrected chi connectivity index (χ4v) is 5.33. The molecule has 1 aliphatic heterocycles. The number of aldehydes is 1. The normalized spacial score (nSPS) is 13.7. The van der Waals surface area contributed by atoms with Crippen LogP contribution in [0.15, 0.2) is 72.9 Å². The summed E-state index contributed by atoms with van der Waals surface area (Å²) >= 11 is 0. The quantitative estimate of drug-likeness (QED) is 0.112. The van der Waals surface area contributed by atoms with Gasteiger partial charge in [-0.3, -0.25) is 14.3 Å². The van der Waals surface area contributed by atoms with Crippen molar-refractivity contribution in [2.45, 2.75) is 50.9 Å². The molecular weight excluding hydrogens is 606 g/mol. The van der Waals surface area contributed by atoms with Gasteiger partial charge in [0.15, 0.2) is 6.29 Å². The number of fused-ring (bicyclic) bond motifs is 1. The van der Waals surface area contributed by atoms with Crippen LogP contribution in [0, 0.1) is 23.7 Å². The number of amides is 1. The Morgan fingerprint density at radius 2 is 1.79 bits per heavy atom. The Hall–Kier alpha value is -5.62. The third-order valence-corrected chi connectivity index (χ3v) is 8.02. The number of hydrogen-bond donors (Lipinski definition) is 3. The van der Waals surface area contributed by atoms with E-state index in [1.165, 1.54) is 6.20 Å². The van der Waals surface area contributed by atoms with Gasteiger partial charge < -0.3 is 31.2 Å². The average Bonchev–Trinajstić information content (AvgIpc) is 3.52. The Labute approximate surface area is 281 Å².